The van der Waals surface area contributed by atoms with Crippen LogP contribution in [0.1, 0.15) is 12.5 Å². The van der Waals surface area contributed by atoms with E-state index in [1.54, 1.807) is 0 Å². The van der Waals surface area contributed by atoms with E-state index in [4.69, 9.17) is 0 Å². The first-order valence-corrected chi connectivity index (χ1v) is 6.67. The summed E-state index contributed by atoms with van der Waals surface area (Å²) >= 11 is 1.95. The molecule has 86 valence electrons. The molecule has 0 radical (unpaired) electrons. The van der Waals surface area contributed by atoms with Crippen LogP contribution >= 0.6 is 11.8 Å². The molecule has 2 heteroatoms. The van der Waals surface area contributed by atoms with Crippen molar-refractivity contribution in [1.29, 1.82) is 0 Å². The minimum atomic E-state index is 0.121. The number of hydrogen-bond acceptors (Lipinski definition) is 2. The Morgan fingerprint density at radius 2 is 1.71 bits per heavy atom. The fourth-order valence-electron chi connectivity index (χ4n) is 2.20. The molecule has 0 bridgehead atoms. The number of para-hydroxylation sites is 1. The van der Waals surface area contributed by atoms with Gasteiger partial charge >= 0.3 is 0 Å². The van der Waals surface area contributed by atoms with E-state index in [0.29, 0.717) is 0 Å². The van der Waals surface area contributed by atoms with Gasteiger partial charge in [-0.25, -0.2) is 0 Å². The molecule has 1 atom stereocenters. The Morgan fingerprint density at radius 3 is 2.53 bits per heavy atom. The van der Waals surface area contributed by atoms with Gasteiger partial charge in [-0.15, -0.1) is 11.8 Å². The van der Waals surface area contributed by atoms with Crippen LogP contribution in [-0.4, -0.2) is 6.54 Å². The van der Waals surface area contributed by atoms with Crippen molar-refractivity contribution in [3.63, 3.8) is 0 Å². The Hall–Kier alpha value is -1.41. The first kappa shape index (κ1) is 10.7. The lowest BCUT2D eigenvalue weighted by atomic mass is 10.00. The van der Waals surface area contributed by atoms with Crippen LogP contribution in [-0.2, 0) is 4.75 Å². The monoisotopic (exact) mass is 241 g/mol. The second-order valence-corrected chi connectivity index (χ2v) is 6.09. The average Bonchev–Trinajstić information content (AvgIpc) is 2.40. The van der Waals surface area contributed by atoms with Crippen molar-refractivity contribution in [3.05, 3.63) is 60.2 Å². The summed E-state index contributed by atoms with van der Waals surface area (Å²) in [6.45, 7) is 3.27. The molecule has 0 spiro atoms. The van der Waals surface area contributed by atoms with Crippen LogP contribution in [0.2, 0.25) is 0 Å². The zero-order valence-corrected chi connectivity index (χ0v) is 10.6. The van der Waals surface area contributed by atoms with Gasteiger partial charge < -0.3 is 5.32 Å². The average molecular weight is 241 g/mol. The molecular formula is C15H15NS. The summed E-state index contributed by atoms with van der Waals surface area (Å²) in [5, 5.41) is 3.53. The molecule has 1 heterocycles. The summed E-state index contributed by atoms with van der Waals surface area (Å²) in [6, 6.07) is 19.2. The Morgan fingerprint density at radius 1 is 1.00 bits per heavy atom. The highest BCUT2D eigenvalue weighted by Crippen LogP contribution is 2.47. The Bertz CT molecular complexity index is 523. The molecule has 0 aromatic heterocycles. The van der Waals surface area contributed by atoms with Crippen LogP contribution in [0.15, 0.2) is 59.5 Å². The molecule has 0 amide bonds. The fourth-order valence-corrected chi connectivity index (χ4v) is 3.48. The number of rotatable bonds is 1. The zero-order valence-electron chi connectivity index (χ0n) is 9.81. The predicted molar refractivity (Wildman–Crippen MR) is 74.6 cm³/mol. The van der Waals surface area contributed by atoms with Crippen molar-refractivity contribution < 1.29 is 0 Å². The summed E-state index contributed by atoms with van der Waals surface area (Å²) in [5.74, 6) is 0. The van der Waals surface area contributed by atoms with E-state index in [2.05, 4.69) is 66.8 Å². The van der Waals surface area contributed by atoms with E-state index >= 15 is 0 Å². The predicted octanol–water partition coefficient (Wildman–Crippen LogP) is 4.12. The number of thioether (sulfide) groups is 1. The van der Waals surface area contributed by atoms with Crippen molar-refractivity contribution in [3.8, 4) is 0 Å². The summed E-state index contributed by atoms with van der Waals surface area (Å²) in [7, 11) is 0. The maximum absolute atomic E-state index is 3.53. The van der Waals surface area contributed by atoms with Gasteiger partial charge in [0.15, 0.2) is 0 Å². The normalized spacial score (nSPS) is 22.6. The van der Waals surface area contributed by atoms with Gasteiger partial charge in [-0.3, -0.25) is 0 Å². The van der Waals surface area contributed by atoms with Crippen LogP contribution in [0.5, 0.6) is 0 Å². The number of fused-ring (bicyclic) bond motifs is 1. The Labute approximate surface area is 106 Å². The first-order valence-electron chi connectivity index (χ1n) is 5.85. The van der Waals surface area contributed by atoms with E-state index < -0.39 is 0 Å². The van der Waals surface area contributed by atoms with Gasteiger partial charge in [0.05, 0.1) is 4.75 Å². The molecule has 0 aliphatic carbocycles. The lowest BCUT2D eigenvalue weighted by Crippen LogP contribution is -2.30. The van der Waals surface area contributed by atoms with Gasteiger partial charge in [-0.2, -0.15) is 0 Å². The number of anilines is 1. The molecule has 2 aromatic rings. The number of nitrogens with one attached hydrogen (secondary N) is 1. The zero-order chi connectivity index (χ0) is 11.7. The molecule has 0 saturated heterocycles. The minimum absolute atomic E-state index is 0.121. The summed E-state index contributed by atoms with van der Waals surface area (Å²) in [6.07, 6.45) is 0. The SMILES string of the molecule is CC1(c2ccccc2)CNc2ccccc2S1. The van der Waals surface area contributed by atoms with E-state index in [0.717, 1.165) is 6.54 Å². The molecular weight excluding hydrogens is 226 g/mol. The van der Waals surface area contributed by atoms with E-state index in [9.17, 15) is 0 Å². The van der Waals surface area contributed by atoms with Crippen molar-refractivity contribution in [2.75, 3.05) is 11.9 Å². The summed E-state index contributed by atoms with van der Waals surface area (Å²) in [4.78, 5) is 1.34. The fraction of sp³-hybridized carbons (Fsp3) is 0.200. The van der Waals surface area contributed by atoms with Crippen LogP contribution in [0.4, 0.5) is 5.69 Å². The molecule has 3 rings (SSSR count). The minimum Gasteiger partial charge on any atom is -0.382 e. The van der Waals surface area contributed by atoms with E-state index in [-0.39, 0.29) is 4.75 Å². The van der Waals surface area contributed by atoms with Gasteiger partial charge in [-0.1, -0.05) is 42.5 Å². The molecule has 1 unspecified atom stereocenters. The molecule has 0 saturated carbocycles. The first-order chi connectivity index (χ1) is 8.28. The van der Waals surface area contributed by atoms with Gasteiger partial charge in [0, 0.05) is 17.1 Å². The molecule has 1 nitrogen and oxygen atoms in total. The molecule has 0 fully saturated rings. The third-order valence-corrected chi connectivity index (χ3v) is 4.63. The topological polar surface area (TPSA) is 12.0 Å². The molecule has 1 aliphatic heterocycles. The van der Waals surface area contributed by atoms with Crippen molar-refractivity contribution in [1.82, 2.24) is 0 Å². The summed E-state index contributed by atoms with van der Waals surface area (Å²) in [5.41, 5.74) is 2.64. The third-order valence-electron chi connectivity index (χ3n) is 3.22. The second-order valence-electron chi connectivity index (χ2n) is 4.55. The standard InChI is InChI=1S/C15H15NS/c1-15(12-7-3-2-4-8-12)11-16-13-9-5-6-10-14(13)17-15/h2-10,16H,11H2,1H3. The second kappa shape index (κ2) is 4.11. The van der Waals surface area contributed by atoms with Crippen LogP contribution in [0.25, 0.3) is 0 Å². The molecule has 1 aliphatic rings. The smallest absolute Gasteiger partial charge is 0.0600 e. The van der Waals surface area contributed by atoms with Gasteiger partial charge in [0.1, 0.15) is 0 Å². The molecule has 2 aromatic carbocycles. The number of benzene rings is 2. The summed E-state index contributed by atoms with van der Waals surface area (Å²) < 4.78 is 0.121. The highest BCUT2D eigenvalue weighted by atomic mass is 32.2. The third kappa shape index (κ3) is 1.93. The molecule has 1 N–H and O–H groups in total. The quantitative estimate of drug-likeness (QED) is 0.806. The van der Waals surface area contributed by atoms with Gasteiger partial charge in [0.25, 0.3) is 0 Å². The highest BCUT2D eigenvalue weighted by molar-refractivity contribution is 8.00. The van der Waals surface area contributed by atoms with Crippen molar-refractivity contribution in [2.24, 2.45) is 0 Å². The van der Waals surface area contributed by atoms with Gasteiger partial charge in [0.2, 0.25) is 0 Å². The van der Waals surface area contributed by atoms with Gasteiger partial charge in [-0.05, 0) is 24.6 Å². The lowest BCUT2D eigenvalue weighted by Gasteiger charge is -2.35. The maximum Gasteiger partial charge on any atom is 0.0600 e. The van der Waals surface area contributed by atoms with Crippen LogP contribution in [0, 0.1) is 0 Å². The number of hydrogen-bond donors (Lipinski definition) is 1. The largest absolute Gasteiger partial charge is 0.382 e. The Kier molecular flexibility index (Phi) is 2.60. The molecule has 17 heavy (non-hydrogen) atoms. The maximum atomic E-state index is 3.53. The van der Waals surface area contributed by atoms with Crippen molar-refractivity contribution >= 4 is 17.4 Å². The van der Waals surface area contributed by atoms with Crippen LogP contribution < -0.4 is 5.32 Å². The van der Waals surface area contributed by atoms with E-state index in [1.165, 1.54) is 16.1 Å². The Balaban J connectivity index is 1.98. The highest BCUT2D eigenvalue weighted by Gasteiger charge is 2.32. The van der Waals surface area contributed by atoms with E-state index in [1.807, 2.05) is 11.8 Å². The van der Waals surface area contributed by atoms with Crippen LogP contribution in [0.3, 0.4) is 0 Å². The van der Waals surface area contributed by atoms with Crippen molar-refractivity contribution in [2.45, 2.75) is 16.6 Å². The lowest BCUT2D eigenvalue weighted by molar-refractivity contribution is 0.719.